The molecule has 1 amide bonds. The number of nitrogens with zero attached hydrogens (tertiary/aromatic N) is 2. The number of hydrogen-bond donors (Lipinski definition) is 1. The summed E-state index contributed by atoms with van der Waals surface area (Å²) in [5.41, 5.74) is 0.866. The van der Waals surface area contributed by atoms with Crippen molar-refractivity contribution in [2.45, 2.75) is 18.6 Å². The van der Waals surface area contributed by atoms with Gasteiger partial charge < -0.3 is 14.8 Å². The molecular weight excluding hydrogens is 368 g/mol. The first-order valence-corrected chi connectivity index (χ1v) is 8.88. The lowest BCUT2D eigenvalue weighted by Crippen LogP contribution is -2.39. The first-order chi connectivity index (χ1) is 13.5. The summed E-state index contributed by atoms with van der Waals surface area (Å²) in [7, 11) is 0. The van der Waals surface area contributed by atoms with Gasteiger partial charge in [-0.2, -0.15) is 5.26 Å². The molecule has 1 N–H and O–H groups in total. The Morgan fingerprint density at radius 3 is 2.32 bits per heavy atom. The van der Waals surface area contributed by atoms with E-state index in [9.17, 15) is 13.6 Å². The van der Waals surface area contributed by atoms with Crippen LogP contribution < -0.4 is 14.8 Å². The molecule has 1 fully saturated rings. The smallest absolute Gasteiger partial charge is 0.225 e. The van der Waals surface area contributed by atoms with E-state index >= 15 is 0 Å². The second kappa shape index (κ2) is 7.44. The van der Waals surface area contributed by atoms with Gasteiger partial charge in [0.1, 0.15) is 18.3 Å². The molecule has 144 valence electrons. The maximum atomic E-state index is 13.9. The van der Waals surface area contributed by atoms with Gasteiger partial charge in [0.15, 0.2) is 11.6 Å². The van der Waals surface area contributed by atoms with Crippen molar-refractivity contribution < 1.29 is 23.0 Å². The summed E-state index contributed by atoms with van der Waals surface area (Å²) in [6.45, 7) is 1.33. The fraction of sp³-hybridized carbons (Fsp3) is 0.300. The average molecular weight is 385 g/mol. The number of benzene rings is 2. The van der Waals surface area contributed by atoms with Crippen LogP contribution in [0.25, 0.3) is 0 Å². The lowest BCUT2D eigenvalue weighted by molar-refractivity contribution is -0.116. The van der Waals surface area contributed by atoms with Crippen molar-refractivity contribution in [2.24, 2.45) is 0 Å². The van der Waals surface area contributed by atoms with E-state index in [1.54, 1.807) is 24.3 Å². The Morgan fingerprint density at radius 2 is 1.71 bits per heavy atom. The van der Waals surface area contributed by atoms with Gasteiger partial charge in [-0.3, -0.25) is 9.69 Å². The molecule has 2 aromatic rings. The molecule has 1 saturated heterocycles. The number of nitrogens with one attached hydrogen (secondary N) is 1. The lowest BCUT2D eigenvalue weighted by Gasteiger charge is -2.28. The van der Waals surface area contributed by atoms with Crippen LogP contribution in [-0.2, 0) is 4.79 Å². The molecule has 0 spiro atoms. The van der Waals surface area contributed by atoms with Gasteiger partial charge in [-0.05, 0) is 24.3 Å². The van der Waals surface area contributed by atoms with Crippen LogP contribution in [0, 0.1) is 23.0 Å². The number of carbonyl (C=O) groups excluding carboxylic acids is 1. The molecule has 0 saturated carbocycles. The highest BCUT2D eigenvalue weighted by Crippen LogP contribution is 2.40. The summed E-state index contributed by atoms with van der Waals surface area (Å²) >= 11 is 0. The van der Waals surface area contributed by atoms with Crippen LogP contribution in [0.15, 0.2) is 36.4 Å². The van der Waals surface area contributed by atoms with Crippen molar-refractivity contribution >= 4 is 11.6 Å². The molecule has 0 bridgehead atoms. The number of rotatable bonds is 4. The minimum absolute atomic E-state index is 0.200. The van der Waals surface area contributed by atoms with E-state index in [1.807, 2.05) is 11.0 Å². The Hall–Kier alpha value is -3.18. The Labute approximate surface area is 160 Å². The summed E-state index contributed by atoms with van der Waals surface area (Å²) in [6.07, 6.45) is -0.646. The predicted molar refractivity (Wildman–Crippen MR) is 96.0 cm³/mol. The number of hydrogen-bond acceptors (Lipinski definition) is 5. The molecule has 4 rings (SSSR count). The Bertz CT molecular complexity index is 921. The molecule has 6 nitrogen and oxygen atoms in total. The SMILES string of the molecule is N#Cc1ccccc1NC(=O)CCN1C[C@@H]2Oc3c(F)ccc(F)c3O[C@@H]2C1. The number of likely N-dealkylation sites (tertiary alicyclic amines) is 1. The molecule has 0 unspecified atom stereocenters. The van der Waals surface area contributed by atoms with Gasteiger partial charge in [0, 0.05) is 26.1 Å². The number of halogens is 2. The van der Waals surface area contributed by atoms with E-state index < -0.39 is 23.8 Å². The number of nitriles is 1. The number of ether oxygens (including phenoxy) is 2. The van der Waals surface area contributed by atoms with Crippen molar-refractivity contribution in [2.75, 3.05) is 25.0 Å². The zero-order valence-corrected chi connectivity index (χ0v) is 14.8. The van der Waals surface area contributed by atoms with Crippen LogP contribution >= 0.6 is 0 Å². The highest BCUT2D eigenvalue weighted by molar-refractivity contribution is 5.92. The third kappa shape index (κ3) is 3.49. The quantitative estimate of drug-likeness (QED) is 0.876. The minimum atomic E-state index is -0.663. The Kier molecular flexibility index (Phi) is 4.84. The number of para-hydroxylation sites is 1. The van der Waals surface area contributed by atoms with E-state index in [2.05, 4.69) is 5.32 Å². The second-order valence-corrected chi connectivity index (χ2v) is 6.72. The number of anilines is 1. The van der Waals surface area contributed by atoms with Gasteiger partial charge in [-0.15, -0.1) is 0 Å². The molecular formula is C20H17F2N3O3. The van der Waals surface area contributed by atoms with Crippen molar-refractivity contribution in [3.63, 3.8) is 0 Å². The molecule has 28 heavy (non-hydrogen) atoms. The molecule has 0 aromatic heterocycles. The maximum Gasteiger partial charge on any atom is 0.225 e. The van der Waals surface area contributed by atoms with E-state index in [0.29, 0.717) is 30.9 Å². The molecule has 2 aromatic carbocycles. The number of amides is 1. The van der Waals surface area contributed by atoms with Crippen LogP contribution in [0.4, 0.5) is 14.5 Å². The largest absolute Gasteiger partial charge is 0.478 e. The van der Waals surface area contributed by atoms with Crippen LogP contribution in [0.2, 0.25) is 0 Å². The fourth-order valence-corrected chi connectivity index (χ4v) is 3.43. The van der Waals surface area contributed by atoms with Crippen molar-refractivity contribution in [3.8, 4) is 17.6 Å². The third-order valence-corrected chi connectivity index (χ3v) is 4.82. The first-order valence-electron chi connectivity index (χ1n) is 8.88. The van der Waals surface area contributed by atoms with E-state index in [4.69, 9.17) is 14.7 Å². The Balaban J connectivity index is 1.34. The van der Waals surface area contributed by atoms with E-state index in [1.165, 1.54) is 0 Å². The zero-order chi connectivity index (χ0) is 19.7. The van der Waals surface area contributed by atoms with Gasteiger partial charge in [0.2, 0.25) is 17.4 Å². The Morgan fingerprint density at radius 1 is 1.11 bits per heavy atom. The van der Waals surface area contributed by atoms with Gasteiger partial charge in [0.25, 0.3) is 0 Å². The number of fused-ring (bicyclic) bond motifs is 2. The summed E-state index contributed by atoms with van der Waals surface area (Å²) in [4.78, 5) is 14.2. The van der Waals surface area contributed by atoms with Gasteiger partial charge >= 0.3 is 0 Å². The maximum absolute atomic E-state index is 13.9. The molecule has 0 radical (unpaired) electrons. The average Bonchev–Trinajstić information content (AvgIpc) is 3.10. The molecule has 2 aliphatic rings. The van der Waals surface area contributed by atoms with Crippen molar-refractivity contribution in [3.05, 3.63) is 53.6 Å². The molecule has 2 aliphatic heterocycles. The predicted octanol–water partition coefficient (Wildman–Crippen LogP) is 2.69. The third-order valence-electron chi connectivity index (χ3n) is 4.82. The molecule has 2 heterocycles. The van der Waals surface area contributed by atoms with Crippen molar-refractivity contribution in [1.82, 2.24) is 4.90 Å². The standard InChI is InChI=1S/C20H17F2N3O3/c21-13-5-6-14(22)20-19(13)27-16-10-25(11-17(16)28-20)8-7-18(26)24-15-4-2-1-3-12(15)9-23/h1-6,16-17H,7-8,10-11H2,(H,24,26)/t16-,17+. The molecule has 0 aliphatic carbocycles. The summed E-state index contributed by atoms with van der Waals surface area (Å²) in [6, 6.07) is 10.8. The second-order valence-electron chi connectivity index (χ2n) is 6.72. The summed E-state index contributed by atoms with van der Waals surface area (Å²) < 4.78 is 39.0. The van der Waals surface area contributed by atoms with Crippen LogP contribution in [0.5, 0.6) is 11.5 Å². The first kappa shape index (κ1) is 18.2. The van der Waals surface area contributed by atoms with Gasteiger partial charge in [0.05, 0.1) is 11.3 Å². The van der Waals surface area contributed by atoms with Gasteiger partial charge in [-0.25, -0.2) is 8.78 Å². The monoisotopic (exact) mass is 385 g/mol. The highest BCUT2D eigenvalue weighted by atomic mass is 19.1. The molecule has 2 atom stereocenters. The normalized spacial score (nSPS) is 20.3. The van der Waals surface area contributed by atoms with Crippen LogP contribution in [0.3, 0.4) is 0 Å². The summed E-state index contributed by atoms with van der Waals surface area (Å²) in [5, 5.41) is 11.8. The minimum Gasteiger partial charge on any atom is -0.478 e. The van der Waals surface area contributed by atoms with Crippen molar-refractivity contribution in [1.29, 1.82) is 5.26 Å². The van der Waals surface area contributed by atoms with Crippen LogP contribution in [0.1, 0.15) is 12.0 Å². The van der Waals surface area contributed by atoms with Crippen LogP contribution in [-0.4, -0.2) is 42.6 Å². The molecule has 8 heteroatoms. The topological polar surface area (TPSA) is 74.6 Å². The number of carbonyl (C=O) groups is 1. The highest BCUT2D eigenvalue weighted by Gasteiger charge is 2.41. The fourth-order valence-electron chi connectivity index (χ4n) is 3.43. The summed E-state index contributed by atoms with van der Waals surface area (Å²) in [5.74, 6) is -1.95. The van der Waals surface area contributed by atoms with E-state index in [-0.39, 0.29) is 23.8 Å². The lowest BCUT2D eigenvalue weighted by atomic mass is 10.2. The van der Waals surface area contributed by atoms with E-state index in [0.717, 1.165) is 12.1 Å². The van der Waals surface area contributed by atoms with Gasteiger partial charge in [-0.1, -0.05) is 12.1 Å². The zero-order valence-electron chi connectivity index (χ0n) is 14.8.